The Morgan fingerprint density at radius 3 is 1.32 bits per heavy atom. The van der Waals surface area contributed by atoms with E-state index in [0.29, 0.717) is 22.1 Å². The molecule has 2 N–H and O–H groups in total. The molecule has 2 aliphatic rings. The second-order valence-electron chi connectivity index (χ2n) is 11.0. The smallest absolute Gasteiger partial charge is 0.324 e. The predicted octanol–water partition coefficient (Wildman–Crippen LogP) is 3.85. The molecule has 0 aliphatic carbocycles. The number of hydrogen-bond donors (Lipinski definition) is 2. The van der Waals surface area contributed by atoms with Crippen molar-refractivity contribution in [3.8, 4) is 0 Å². The van der Waals surface area contributed by atoms with E-state index in [-0.39, 0.29) is 37.7 Å². The van der Waals surface area contributed by atoms with Gasteiger partial charge in [0.05, 0.1) is 22.1 Å². The van der Waals surface area contributed by atoms with E-state index in [4.69, 9.17) is 9.97 Å². The van der Waals surface area contributed by atoms with E-state index in [1.807, 2.05) is 109 Å². The normalized spacial score (nSPS) is 20.1. The summed E-state index contributed by atoms with van der Waals surface area (Å²) >= 11 is 0. The Morgan fingerprint density at radius 2 is 0.886 bits per heavy atom. The Bertz CT molecular complexity index is 2450. The van der Waals surface area contributed by atoms with E-state index in [2.05, 4.69) is 20.6 Å². The van der Waals surface area contributed by atoms with Crippen LogP contribution >= 0.6 is 0 Å². The summed E-state index contributed by atoms with van der Waals surface area (Å²) in [7, 11) is 0. The zero-order chi connectivity index (χ0) is 29.2. The molecule has 0 saturated heterocycles. The molecule has 0 bridgehead atoms. The summed E-state index contributed by atoms with van der Waals surface area (Å²) in [6, 6.07) is 34.0. The van der Waals surface area contributed by atoms with Crippen LogP contribution in [0.1, 0.15) is 14.0 Å². The van der Waals surface area contributed by atoms with Gasteiger partial charge in [-0.15, -0.1) is 0 Å². The maximum atomic E-state index is 14.8. The van der Waals surface area contributed by atoms with Crippen LogP contribution < -0.4 is 22.0 Å². The van der Waals surface area contributed by atoms with E-state index >= 15 is 0 Å². The SMILES string of the molecule is O=c1n2c(nc3nc4ccccc4n13)N[C@@]1(c3ccccc3)n3c(nc4nc5ccccc5n4c3=O)N[C@@]21c1ccccc1.[HH].[HH]. The van der Waals surface area contributed by atoms with Crippen LogP contribution in [-0.4, -0.2) is 37.9 Å². The highest BCUT2D eigenvalue weighted by atomic mass is 16.2. The first-order valence-corrected chi connectivity index (χ1v) is 14.1. The van der Waals surface area contributed by atoms with Crippen molar-refractivity contribution in [3.05, 3.63) is 141 Å². The van der Waals surface area contributed by atoms with Crippen molar-refractivity contribution in [1.82, 2.24) is 37.9 Å². The molecule has 6 heterocycles. The molecule has 0 radical (unpaired) electrons. The standard InChI is InChI=1S/C32H20N10O2.2H2/c43-29-39-23-17-9-7-15-21(23)34-26(39)36-28-38-32(20-13-5-2-6-14-20)31(41(28)29,19-11-3-1-4-12-19)37-27-35-25-33-22-16-8-10-18-24(22)40(25)30(44)42(27)32;;/h1-18H,(H,33,35,37)(H,34,36,38);2*1H/t31-,32-;;/m0../s1. The molecule has 0 amide bonds. The van der Waals surface area contributed by atoms with Crippen molar-refractivity contribution >= 4 is 45.5 Å². The molecule has 0 fully saturated rings. The first kappa shape index (κ1) is 23.3. The lowest BCUT2D eigenvalue weighted by Gasteiger charge is -2.40. The third-order valence-electron chi connectivity index (χ3n) is 8.85. The summed E-state index contributed by atoms with van der Waals surface area (Å²) in [5, 5.41) is 7.14. The van der Waals surface area contributed by atoms with Gasteiger partial charge in [0.15, 0.2) is 11.3 Å². The summed E-state index contributed by atoms with van der Waals surface area (Å²) in [5.41, 5.74) is 0.388. The molecule has 44 heavy (non-hydrogen) atoms. The third-order valence-corrected chi connectivity index (χ3v) is 8.85. The highest BCUT2D eigenvalue weighted by Crippen LogP contribution is 2.55. The second kappa shape index (κ2) is 7.75. The van der Waals surface area contributed by atoms with Gasteiger partial charge in [0.25, 0.3) is 0 Å². The Balaban J connectivity index is 0.00000156. The van der Waals surface area contributed by atoms with E-state index in [1.54, 1.807) is 9.13 Å². The molecule has 2 aliphatic heterocycles. The number of imidazole rings is 2. The van der Waals surface area contributed by atoms with Crippen molar-refractivity contribution in [1.29, 1.82) is 0 Å². The summed E-state index contributed by atoms with van der Waals surface area (Å²) in [6.45, 7) is 0. The number of anilines is 2. The van der Waals surface area contributed by atoms with E-state index in [0.717, 1.165) is 11.1 Å². The number of para-hydroxylation sites is 4. The van der Waals surface area contributed by atoms with Gasteiger partial charge in [0.1, 0.15) is 0 Å². The van der Waals surface area contributed by atoms with Crippen molar-refractivity contribution in [2.45, 2.75) is 11.3 Å². The summed E-state index contributed by atoms with van der Waals surface area (Å²) in [4.78, 5) is 48.7. The van der Waals surface area contributed by atoms with E-state index in [9.17, 15) is 9.59 Å². The third kappa shape index (κ3) is 2.52. The maximum Gasteiger partial charge on any atom is 0.340 e. The number of hydrogen-bond acceptors (Lipinski definition) is 8. The lowest BCUT2D eigenvalue weighted by molar-refractivity contribution is 0.249. The maximum absolute atomic E-state index is 14.8. The first-order chi connectivity index (χ1) is 21.6. The highest BCUT2D eigenvalue weighted by Gasteiger charge is 2.69. The minimum absolute atomic E-state index is 0. The molecule has 10 rings (SSSR count). The van der Waals surface area contributed by atoms with Gasteiger partial charge < -0.3 is 10.6 Å². The zero-order valence-electron chi connectivity index (χ0n) is 22.8. The molecule has 12 heteroatoms. The van der Waals surface area contributed by atoms with Gasteiger partial charge in [-0.1, -0.05) is 84.9 Å². The van der Waals surface area contributed by atoms with Crippen LogP contribution in [0.5, 0.6) is 0 Å². The fourth-order valence-electron chi connectivity index (χ4n) is 7.12. The largest absolute Gasteiger partial charge is 0.340 e. The molecule has 0 spiro atoms. The fraction of sp³-hybridized carbons (Fsp3) is 0.0625. The summed E-state index contributed by atoms with van der Waals surface area (Å²) < 4.78 is 6.19. The zero-order valence-corrected chi connectivity index (χ0v) is 22.8. The van der Waals surface area contributed by atoms with E-state index in [1.165, 1.54) is 8.80 Å². The van der Waals surface area contributed by atoms with Crippen LogP contribution in [-0.2, 0) is 11.3 Å². The van der Waals surface area contributed by atoms with Crippen molar-refractivity contribution in [2.24, 2.45) is 0 Å². The predicted molar refractivity (Wildman–Crippen MR) is 168 cm³/mol. The Kier molecular flexibility index (Phi) is 4.10. The van der Waals surface area contributed by atoms with Crippen LogP contribution in [0.3, 0.4) is 0 Å². The number of nitrogens with one attached hydrogen (secondary N) is 2. The highest BCUT2D eigenvalue weighted by molar-refractivity contribution is 5.81. The van der Waals surface area contributed by atoms with Crippen LogP contribution in [0.2, 0.25) is 0 Å². The monoisotopic (exact) mass is 580 g/mol. The van der Waals surface area contributed by atoms with Gasteiger partial charge >= 0.3 is 11.4 Å². The second-order valence-corrected chi connectivity index (χ2v) is 11.0. The Labute approximate surface area is 249 Å². The fourth-order valence-corrected chi connectivity index (χ4v) is 7.12. The Hall–Kier alpha value is -6.30. The van der Waals surface area contributed by atoms with Crippen molar-refractivity contribution in [3.63, 3.8) is 0 Å². The average Bonchev–Trinajstić information content (AvgIpc) is 3.77. The van der Waals surface area contributed by atoms with Crippen LogP contribution in [0.15, 0.2) is 119 Å². The topological polar surface area (TPSA) is 128 Å². The summed E-state index contributed by atoms with van der Waals surface area (Å²) in [5.74, 6) is 1.02. The number of rotatable bonds is 2. The van der Waals surface area contributed by atoms with E-state index < -0.39 is 11.3 Å². The van der Waals surface area contributed by atoms with Crippen LogP contribution in [0.25, 0.3) is 33.6 Å². The lowest BCUT2D eigenvalue weighted by Crippen LogP contribution is -2.60. The molecule has 4 aromatic carbocycles. The van der Waals surface area contributed by atoms with Gasteiger partial charge in [-0.3, -0.25) is 0 Å². The minimum Gasteiger partial charge on any atom is -0.324 e. The molecule has 214 valence electrons. The molecule has 2 atom stereocenters. The average molecular weight is 581 g/mol. The van der Waals surface area contributed by atoms with Gasteiger partial charge in [-0.25, -0.2) is 37.5 Å². The van der Waals surface area contributed by atoms with Gasteiger partial charge in [-0.2, -0.15) is 9.97 Å². The van der Waals surface area contributed by atoms with Crippen LogP contribution in [0.4, 0.5) is 11.9 Å². The van der Waals surface area contributed by atoms with Gasteiger partial charge in [0, 0.05) is 14.0 Å². The molecule has 0 unspecified atom stereocenters. The first-order valence-electron chi connectivity index (χ1n) is 14.1. The van der Waals surface area contributed by atoms with Crippen LogP contribution in [0, 0.1) is 0 Å². The number of nitrogens with zero attached hydrogens (tertiary/aromatic N) is 8. The molecule has 12 nitrogen and oxygen atoms in total. The minimum atomic E-state index is -1.43. The number of aromatic nitrogens is 8. The van der Waals surface area contributed by atoms with Gasteiger partial charge in [0.2, 0.25) is 23.5 Å². The molecule has 0 saturated carbocycles. The quantitative estimate of drug-likeness (QED) is 0.316. The molecular formula is C32H24N10O2. The number of fused-ring (bicyclic) bond motifs is 11. The molecule has 4 aromatic heterocycles. The Morgan fingerprint density at radius 1 is 0.500 bits per heavy atom. The van der Waals surface area contributed by atoms with Gasteiger partial charge in [-0.05, 0) is 24.3 Å². The van der Waals surface area contributed by atoms with Crippen molar-refractivity contribution in [2.75, 3.05) is 10.6 Å². The lowest BCUT2D eigenvalue weighted by atomic mass is 9.82. The molecular weight excluding hydrogens is 556 g/mol. The van der Waals surface area contributed by atoms with Crippen molar-refractivity contribution < 1.29 is 2.85 Å². The summed E-state index contributed by atoms with van der Waals surface area (Å²) in [6.07, 6.45) is 0. The molecule has 8 aromatic rings. The number of benzene rings is 4.